The van der Waals surface area contributed by atoms with Crippen molar-refractivity contribution in [2.75, 3.05) is 20.7 Å². The summed E-state index contributed by atoms with van der Waals surface area (Å²) in [6, 6.07) is 8.17. The van der Waals surface area contributed by atoms with E-state index in [4.69, 9.17) is 5.11 Å². The lowest BCUT2D eigenvalue weighted by molar-refractivity contribution is -0.129. The number of nitrogens with zero attached hydrogens (tertiary/aromatic N) is 2. The van der Waals surface area contributed by atoms with Crippen LogP contribution in [0, 0.1) is 0 Å². The molecule has 108 valence electrons. The highest BCUT2D eigenvalue weighted by Gasteiger charge is 2.11. The number of aryl methyl sites for hydroxylation is 1. The Balaban J connectivity index is 2.28. The van der Waals surface area contributed by atoms with E-state index in [0.29, 0.717) is 6.54 Å². The molecular formula is C16H22N2O2. The van der Waals surface area contributed by atoms with E-state index in [1.807, 2.05) is 22.8 Å². The number of carbonyl (C=O) groups excluding carboxylic acids is 1. The summed E-state index contributed by atoms with van der Waals surface area (Å²) in [5.74, 6) is 0.0904. The zero-order valence-corrected chi connectivity index (χ0v) is 12.2. The second-order valence-corrected chi connectivity index (χ2v) is 5.27. The van der Waals surface area contributed by atoms with Crippen molar-refractivity contribution in [3.63, 3.8) is 0 Å². The van der Waals surface area contributed by atoms with Crippen LogP contribution in [0.25, 0.3) is 10.9 Å². The van der Waals surface area contributed by atoms with Gasteiger partial charge in [-0.25, -0.2) is 0 Å². The fraction of sp³-hybridized carbons (Fsp3) is 0.438. The van der Waals surface area contributed by atoms with Gasteiger partial charge in [0.15, 0.2) is 0 Å². The molecule has 0 aliphatic carbocycles. The smallest absolute Gasteiger partial charge is 0.241 e. The molecule has 4 heteroatoms. The number of aliphatic hydroxyl groups excluding tert-OH is 1. The minimum absolute atomic E-state index is 0.0904. The van der Waals surface area contributed by atoms with Crippen LogP contribution < -0.4 is 0 Å². The summed E-state index contributed by atoms with van der Waals surface area (Å²) in [6.07, 6.45) is 4.79. The van der Waals surface area contributed by atoms with Gasteiger partial charge in [-0.05, 0) is 30.9 Å². The zero-order chi connectivity index (χ0) is 14.5. The van der Waals surface area contributed by atoms with Crippen LogP contribution >= 0.6 is 0 Å². The summed E-state index contributed by atoms with van der Waals surface area (Å²) >= 11 is 0. The van der Waals surface area contributed by atoms with Gasteiger partial charge in [0.25, 0.3) is 0 Å². The first-order valence-corrected chi connectivity index (χ1v) is 7.01. The van der Waals surface area contributed by atoms with E-state index in [0.717, 1.165) is 24.8 Å². The van der Waals surface area contributed by atoms with Crippen LogP contribution in [0.2, 0.25) is 0 Å². The molecule has 1 aromatic carbocycles. The van der Waals surface area contributed by atoms with Crippen molar-refractivity contribution in [1.82, 2.24) is 9.47 Å². The van der Waals surface area contributed by atoms with Gasteiger partial charge in [0.05, 0.1) is 0 Å². The topological polar surface area (TPSA) is 45.5 Å². The molecule has 1 amide bonds. The number of rotatable bonds is 6. The van der Waals surface area contributed by atoms with Gasteiger partial charge in [0.1, 0.15) is 6.54 Å². The number of para-hydroxylation sites is 1. The Morgan fingerprint density at radius 2 is 2.00 bits per heavy atom. The summed E-state index contributed by atoms with van der Waals surface area (Å²) in [4.78, 5) is 13.5. The number of amides is 1. The highest BCUT2D eigenvalue weighted by Crippen LogP contribution is 2.23. The standard InChI is InChI=1S/C16H22N2O2/c1-17(2)16(20)12-18-11-13(7-5-6-10-19)14-8-3-4-9-15(14)18/h3-4,8-9,11,19H,5-7,10,12H2,1-2H3. The summed E-state index contributed by atoms with van der Waals surface area (Å²) in [5, 5.41) is 10.1. The van der Waals surface area contributed by atoms with E-state index in [1.165, 1.54) is 10.9 Å². The third-order valence-corrected chi connectivity index (χ3v) is 3.53. The molecular weight excluding hydrogens is 252 g/mol. The lowest BCUT2D eigenvalue weighted by Gasteiger charge is -2.11. The molecule has 0 saturated heterocycles. The van der Waals surface area contributed by atoms with Crippen LogP contribution in [-0.2, 0) is 17.8 Å². The van der Waals surface area contributed by atoms with Crippen molar-refractivity contribution in [3.8, 4) is 0 Å². The monoisotopic (exact) mass is 274 g/mol. The largest absolute Gasteiger partial charge is 0.396 e. The van der Waals surface area contributed by atoms with Gasteiger partial charge in [-0.3, -0.25) is 4.79 Å². The van der Waals surface area contributed by atoms with Crippen LogP contribution in [0.15, 0.2) is 30.5 Å². The maximum absolute atomic E-state index is 11.9. The van der Waals surface area contributed by atoms with Gasteiger partial charge >= 0.3 is 0 Å². The third kappa shape index (κ3) is 3.20. The number of hydrogen-bond acceptors (Lipinski definition) is 2. The van der Waals surface area contributed by atoms with Crippen molar-refractivity contribution < 1.29 is 9.90 Å². The Bertz CT molecular complexity index is 587. The highest BCUT2D eigenvalue weighted by molar-refractivity contribution is 5.86. The van der Waals surface area contributed by atoms with Gasteiger partial charge < -0.3 is 14.6 Å². The molecule has 0 fully saturated rings. The minimum Gasteiger partial charge on any atom is -0.396 e. The molecule has 0 unspecified atom stereocenters. The van der Waals surface area contributed by atoms with Gasteiger partial charge in [0.2, 0.25) is 5.91 Å². The number of likely N-dealkylation sites (N-methyl/N-ethyl adjacent to an activating group) is 1. The van der Waals surface area contributed by atoms with E-state index in [2.05, 4.69) is 12.3 Å². The van der Waals surface area contributed by atoms with E-state index in [9.17, 15) is 4.79 Å². The summed E-state index contributed by atoms with van der Waals surface area (Å²) in [6.45, 7) is 0.602. The van der Waals surface area contributed by atoms with Gasteiger partial charge in [-0.1, -0.05) is 18.2 Å². The number of fused-ring (bicyclic) bond motifs is 1. The maximum Gasteiger partial charge on any atom is 0.241 e. The van der Waals surface area contributed by atoms with Crippen molar-refractivity contribution in [2.24, 2.45) is 0 Å². The second kappa shape index (κ2) is 6.57. The maximum atomic E-state index is 11.9. The SMILES string of the molecule is CN(C)C(=O)Cn1cc(CCCCO)c2ccccc21. The number of benzene rings is 1. The van der Waals surface area contributed by atoms with Gasteiger partial charge in [0, 0.05) is 37.8 Å². The highest BCUT2D eigenvalue weighted by atomic mass is 16.2. The van der Waals surface area contributed by atoms with Crippen LogP contribution in [0.3, 0.4) is 0 Å². The Morgan fingerprint density at radius 1 is 1.25 bits per heavy atom. The molecule has 2 aromatic rings. The summed E-state index contributed by atoms with van der Waals surface area (Å²) in [5.41, 5.74) is 2.35. The molecule has 0 atom stereocenters. The van der Waals surface area contributed by atoms with E-state index >= 15 is 0 Å². The van der Waals surface area contributed by atoms with Gasteiger partial charge in [-0.15, -0.1) is 0 Å². The molecule has 0 aliphatic rings. The van der Waals surface area contributed by atoms with E-state index in [1.54, 1.807) is 19.0 Å². The predicted molar refractivity (Wildman–Crippen MR) is 80.7 cm³/mol. The number of aliphatic hydroxyl groups is 1. The first-order valence-electron chi connectivity index (χ1n) is 7.01. The van der Waals surface area contributed by atoms with Crippen LogP contribution in [-0.4, -0.2) is 41.2 Å². The molecule has 0 spiro atoms. The van der Waals surface area contributed by atoms with Crippen molar-refractivity contribution in [1.29, 1.82) is 0 Å². The molecule has 0 bridgehead atoms. The Kier molecular flexibility index (Phi) is 4.79. The van der Waals surface area contributed by atoms with Gasteiger partial charge in [-0.2, -0.15) is 0 Å². The molecule has 20 heavy (non-hydrogen) atoms. The lowest BCUT2D eigenvalue weighted by Crippen LogP contribution is -2.25. The average Bonchev–Trinajstić information content (AvgIpc) is 2.78. The Hall–Kier alpha value is -1.81. The first kappa shape index (κ1) is 14.6. The van der Waals surface area contributed by atoms with E-state index in [-0.39, 0.29) is 12.5 Å². The Morgan fingerprint density at radius 3 is 2.70 bits per heavy atom. The number of hydrogen-bond donors (Lipinski definition) is 1. The zero-order valence-electron chi connectivity index (χ0n) is 12.2. The van der Waals surface area contributed by atoms with E-state index < -0.39 is 0 Å². The number of aromatic nitrogens is 1. The third-order valence-electron chi connectivity index (χ3n) is 3.53. The minimum atomic E-state index is 0.0904. The van der Waals surface area contributed by atoms with Crippen LogP contribution in [0.5, 0.6) is 0 Å². The molecule has 4 nitrogen and oxygen atoms in total. The molecule has 2 rings (SSSR count). The molecule has 0 radical (unpaired) electrons. The molecule has 1 heterocycles. The quantitative estimate of drug-likeness (QED) is 0.819. The summed E-state index contributed by atoms with van der Waals surface area (Å²) in [7, 11) is 3.55. The fourth-order valence-electron chi connectivity index (χ4n) is 2.37. The number of carbonyl (C=O) groups is 1. The first-order chi connectivity index (χ1) is 9.63. The molecule has 1 N–H and O–H groups in total. The molecule has 0 aliphatic heterocycles. The lowest BCUT2D eigenvalue weighted by atomic mass is 10.1. The van der Waals surface area contributed by atoms with Crippen molar-refractivity contribution in [2.45, 2.75) is 25.8 Å². The number of unbranched alkanes of at least 4 members (excludes halogenated alkanes) is 1. The Labute approximate surface area is 119 Å². The summed E-state index contributed by atoms with van der Waals surface area (Å²) < 4.78 is 2.02. The molecule has 0 saturated carbocycles. The van der Waals surface area contributed by atoms with Crippen molar-refractivity contribution in [3.05, 3.63) is 36.0 Å². The van der Waals surface area contributed by atoms with Crippen LogP contribution in [0.1, 0.15) is 18.4 Å². The van der Waals surface area contributed by atoms with Crippen molar-refractivity contribution >= 4 is 16.8 Å². The predicted octanol–water partition coefficient (Wildman–Crippen LogP) is 2.04. The van der Waals surface area contributed by atoms with Crippen LogP contribution in [0.4, 0.5) is 0 Å². The average molecular weight is 274 g/mol. The molecule has 1 aromatic heterocycles. The fourth-order valence-corrected chi connectivity index (χ4v) is 2.37. The normalized spacial score (nSPS) is 10.9. The second-order valence-electron chi connectivity index (χ2n) is 5.27.